The number of nitrogens with one attached hydrogen (secondary N) is 1. The van der Waals surface area contributed by atoms with Gasteiger partial charge in [0.2, 0.25) is 5.91 Å². The van der Waals surface area contributed by atoms with Gasteiger partial charge in [-0.25, -0.2) is 0 Å². The molecule has 0 unspecified atom stereocenters. The van der Waals surface area contributed by atoms with Crippen molar-refractivity contribution in [2.45, 2.75) is 6.54 Å². The molecule has 0 spiro atoms. The fourth-order valence-electron chi connectivity index (χ4n) is 1.71. The lowest BCUT2D eigenvalue weighted by Gasteiger charge is -2.17. The molecule has 0 aromatic heterocycles. The van der Waals surface area contributed by atoms with E-state index < -0.39 is 0 Å². The van der Waals surface area contributed by atoms with Crippen molar-refractivity contribution in [2.24, 2.45) is 0 Å². The molecule has 0 radical (unpaired) electrons. The largest absolute Gasteiger partial charge is 0.383 e. The summed E-state index contributed by atoms with van der Waals surface area (Å²) >= 11 is 0. The molecule has 0 heterocycles. The summed E-state index contributed by atoms with van der Waals surface area (Å²) in [5.74, 6) is -0.0472. The molecule has 0 bridgehead atoms. The molecule has 1 rings (SSSR count). The van der Waals surface area contributed by atoms with E-state index in [-0.39, 0.29) is 5.91 Å². The molecule has 102 valence electrons. The Morgan fingerprint density at radius 1 is 1.47 bits per heavy atom. The summed E-state index contributed by atoms with van der Waals surface area (Å²) in [6, 6.07) is 9.56. The van der Waals surface area contributed by atoms with Crippen LogP contribution in [-0.2, 0) is 16.1 Å². The molecule has 0 atom stereocenters. The number of methoxy groups -OCH3 is 1. The standard InChI is InChI=1S/C14H19N3O2/c1-17(11-14(18)16-7-8-19-2)10-13-6-4-3-5-12(13)9-15/h3-6H,7-8,10-11H2,1-2H3,(H,16,18). The summed E-state index contributed by atoms with van der Waals surface area (Å²) in [4.78, 5) is 13.5. The third-order valence-electron chi connectivity index (χ3n) is 2.62. The molecule has 1 aromatic carbocycles. The van der Waals surface area contributed by atoms with Crippen molar-refractivity contribution in [3.8, 4) is 6.07 Å². The average molecular weight is 261 g/mol. The number of likely N-dealkylation sites (N-methyl/N-ethyl adjacent to an activating group) is 1. The molecule has 1 aromatic rings. The van der Waals surface area contributed by atoms with E-state index in [0.29, 0.717) is 31.8 Å². The predicted octanol–water partition coefficient (Wildman–Crippen LogP) is 0.753. The van der Waals surface area contributed by atoms with Crippen LogP contribution in [0.1, 0.15) is 11.1 Å². The minimum atomic E-state index is -0.0472. The van der Waals surface area contributed by atoms with Gasteiger partial charge in [-0.3, -0.25) is 9.69 Å². The highest BCUT2D eigenvalue weighted by Crippen LogP contribution is 2.09. The van der Waals surface area contributed by atoms with E-state index in [1.807, 2.05) is 30.1 Å². The summed E-state index contributed by atoms with van der Waals surface area (Å²) in [7, 11) is 3.45. The zero-order valence-corrected chi connectivity index (χ0v) is 11.3. The molecule has 0 fully saturated rings. The monoisotopic (exact) mass is 261 g/mol. The summed E-state index contributed by atoms with van der Waals surface area (Å²) in [6.45, 7) is 1.88. The Hall–Kier alpha value is -1.90. The minimum Gasteiger partial charge on any atom is -0.383 e. The van der Waals surface area contributed by atoms with Gasteiger partial charge in [0, 0.05) is 20.2 Å². The van der Waals surface area contributed by atoms with E-state index in [4.69, 9.17) is 10.00 Å². The first-order valence-corrected chi connectivity index (χ1v) is 6.09. The van der Waals surface area contributed by atoms with Crippen molar-refractivity contribution in [1.82, 2.24) is 10.2 Å². The van der Waals surface area contributed by atoms with Gasteiger partial charge in [0.25, 0.3) is 0 Å². The molecular formula is C14H19N3O2. The highest BCUT2D eigenvalue weighted by molar-refractivity contribution is 5.77. The molecule has 0 aliphatic heterocycles. The molecule has 1 N–H and O–H groups in total. The molecule has 0 aliphatic rings. The number of hydrogen-bond donors (Lipinski definition) is 1. The molecule has 0 saturated carbocycles. The van der Waals surface area contributed by atoms with Crippen LogP contribution in [0.4, 0.5) is 0 Å². The quantitative estimate of drug-likeness (QED) is 0.736. The second kappa shape index (κ2) is 8.25. The van der Waals surface area contributed by atoms with Crippen LogP contribution >= 0.6 is 0 Å². The van der Waals surface area contributed by atoms with Gasteiger partial charge in [0.05, 0.1) is 24.8 Å². The van der Waals surface area contributed by atoms with Gasteiger partial charge in [0.15, 0.2) is 0 Å². The van der Waals surface area contributed by atoms with Crippen molar-refractivity contribution < 1.29 is 9.53 Å². The van der Waals surface area contributed by atoms with Gasteiger partial charge in [-0.05, 0) is 18.7 Å². The van der Waals surface area contributed by atoms with Crippen molar-refractivity contribution in [2.75, 3.05) is 33.9 Å². The van der Waals surface area contributed by atoms with Crippen LogP contribution in [0.15, 0.2) is 24.3 Å². The van der Waals surface area contributed by atoms with Gasteiger partial charge >= 0.3 is 0 Å². The van der Waals surface area contributed by atoms with Crippen LogP contribution in [-0.4, -0.2) is 44.7 Å². The molecule has 5 heteroatoms. The van der Waals surface area contributed by atoms with Crippen LogP contribution < -0.4 is 5.32 Å². The maximum absolute atomic E-state index is 11.6. The smallest absolute Gasteiger partial charge is 0.234 e. The molecule has 0 aliphatic carbocycles. The first-order chi connectivity index (χ1) is 9.17. The van der Waals surface area contributed by atoms with Crippen LogP contribution in [0.5, 0.6) is 0 Å². The normalized spacial score (nSPS) is 10.2. The van der Waals surface area contributed by atoms with Gasteiger partial charge in [-0.1, -0.05) is 18.2 Å². The van der Waals surface area contributed by atoms with Gasteiger partial charge in [-0.2, -0.15) is 5.26 Å². The number of nitriles is 1. The number of benzene rings is 1. The Morgan fingerprint density at radius 2 is 2.21 bits per heavy atom. The van der Waals surface area contributed by atoms with Crippen LogP contribution in [0.3, 0.4) is 0 Å². The highest BCUT2D eigenvalue weighted by Gasteiger charge is 2.08. The number of ether oxygens (including phenoxy) is 1. The fraction of sp³-hybridized carbons (Fsp3) is 0.429. The van der Waals surface area contributed by atoms with Crippen molar-refractivity contribution in [3.05, 3.63) is 35.4 Å². The Kier molecular flexibility index (Phi) is 6.58. The summed E-state index contributed by atoms with van der Waals surface area (Å²) in [5.41, 5.74) is 1.58. The summed E-state index contributed by atoms with van der Waals surface area (Å²) < 4.78 is 4.86. The van der Waals surface area contributed by atoms with E-state index in [1.54, 1.807) is 13.2 Å². The van der Waals surface area contributed by atoms with Crippen molar-refractivity contribution in [3.63, 3.8) is 0 Å². The highest BCUT2D eigenvalue weighted by atomic mass is 16.5. The number of amides is 1. The van der Waals surface area contributed by atoms with Gasteiger partial charge < -0.3 is 10.1 Å². The Morgan fingerprint density at radius 3 is 2.89 bits per heavy atom. The van der Waals surface area contributed by atoms with Crippen LogP contribution in [0.25, 0.3) is 0 Å². The number of hydrogen-bond acceptors (Lipinski definition) is 4. The Labute approximate surface area is 113 Å². The van der Waals surface area contributed by atoms with Gasteiger partial charge in [-0.15, -0.1) is 0 Å². The molecule has 0 saturated heterocycles. The molecular weight excluding hydrogens is 242 g/mol. The van der Waals surface area contributed by atoms with E-state index in [9.17, 15) is 4.79 Å². The number of nitrogens with zero attached hydrogens (tertiary/aromatic N) is 2. The topological polar surface area (TPSA) is 65.4 Å². The lowest BCUT2D eigenvalue weighted by atomic mass is 10.1. The van der Waals surface area contributed by atoms with E-state index in [0.717, 1.165) is 5.56 Å². The first kappa shape index (κ1) is 15.2. The van der Waals surface area contributed by atoms with Crippen molar-refractivity contribution in [1.29, 1.82) is 5.26 Å². The van der Waals surface area contributed by atoms with E-state index >= 15 is 0 Å². The fourth-order valence-corrected chi connectivity index (χ4v) is 1.71. The SMILES string of the molecule is COCCNC(=O)CN(C)Cc1ccccc1C#N. The maximum Gasteiger partial charge on any atom is 0.234 e. The first-order valence-electron chi connectivity index (χ1n) is 6.09. The number of rotatable bonds is 7. The molecule has 1 amide bonds. The Balaban J connectivity index is 2.44. The van der Waals surface area contributed by atoms with E-state index in [2.05, 4.69) is 11.4 Å². The third-order valence-corrected chi connectivity index (χ3v) is 2.62. The second-order valence-corrected chi connectivity index (χ2v) is 4.28. The minimum absolute atomic E-state index is 0.0472. The van der Waals surface area contributed by atoms with Crippen LogP contribution in [0, 0.1) is 11.3 Å². The third kappa shape index (κ3) is 5.51. The lowest BCUT2D eigenvalue weighted by molar-refractivity contribution is -0.122. The summed E-state index contributed by atoms with van der Waals surface area (Å²) in [6.07, 6.45) is 0. The average Bonchev–Trinajstić information content (AvgIpc) is 2.39. The predicted molar refractivity (Wildman–Crippen MR) is 72.4 cm³/mol. The maximum atomic E-state index is 11.6. The lowest BCUT2D eigenvalue weighted by Crippen LogP contribution is -2.36. The van der Waals surface area contributed by atoms with Crippen molar-refractivity contribution >= 4 is 5.91 Å². The van der Waals surface area contributed by atoms with Gasteiger partial charge in [0.1, 0.15) is 0 Å². The molecule has 5 nitrogen and oxygen atoms in total. The molecule has 19 heavy (non-hydrogen) atoms. The number of carbonyl (C=O) groups excluding carboxylic acids is 1. The zero-order chi connectivity index (χ0) is 14.1. The zero-order valence-electron chi connectivity index (χ0n) is 11.3. The second-order valence-electron chi connectivity index (χ2n) is 4.28. The van der Waals surface area contributed by atoms with Crippen LogP contribution in [0.2, 0.25) is 0 Å². The van der Waals surface area contributed by atoms with E-state index in [1.165, 1.54) is 0 Å². The summed E-state index contributed by atoms with van der Waals surface area (Å²) in [5, 5.41) is 11.8. The Bertz CT molecular complexity index is 454. The number of carbonyl (C=O) groups is 1.